The number of carbonyl (C=O) groups is 1. The number of hydrogen-bond donors (Lipinski definition) is 2. The number of aromatic nitrogens is 1. The number of halogens is 3. The molecule has 0 saturated heterocycles. The summed E-state index contributed by atoms with van der Waals surface area (Å²) in [5.41, 5.74) is -0.0129. The Bertz CT molecular complexity index is 529. The number of carbonyl (C=O) groups excluding carboxylic acids is 1. The number of ether oxygens (including phenoxy) is 1. The Labute approximate surface area is 131 Å². The Kier molecular flexibility index (Phi) is 5.81. The van der Waals surface area contributed by atoms with Crippen molar-refractivity contribution < 1.29 is 27.8 Å². The molecule has 1 heterocycles. The molecule has 23 heavy (non-hydrogen) atoms. The third-order valence-corrected chi connectivity index (χ3v) is 3.83. The average molecular weight is 332 g/mol. The van der Waals surface area contributed by atoms with Crippen LogP contribution in [0.5, 0.6) is 5.88 Å². The van der Waals surface area contributed by atoms with Crippen molar-refractivity contribution in [1.82, 2.24) is 10.3 Å². The van der Waals surface area contributed by atoms with E-state index in [1.54, 1.807) is 0 Å². The molecule has 1 aliphatic rings. The van der Waals surface area contributed by atoms with Gasteiger partial charge in [0, 0.05) is 18.8 Å². The fraction of sp³-hybridized carbons (Fsp3) is 0.600. The van der Waals surface area contributed by atoms with Gasteiger partial charge < -0.3 is 15.2 Å². The molecule has 1 amide bonds. The Morgan fingerprint density at radius 2 is 2.04 bits per heavy atom. The van der Waals surface area contributed by atoms with Crippen molar-refractivity contribution in [3.05, 3.63) is 23.9 Å². The smallest absolute Gasteiger partial charge is 0.422 e. The third-order valence-electron chi connectivity index (χ3n) is 3.83. The van der Waals surface area contributed by atoms with E-state index in [1.807, 2.05) is 0 Å². The zero-order chi connectivity index (χ0) is 16.9. The van der Waals surface area contributed by atoms with Gasteiger partial charge in [0.05, 0.1) is 0 Å². The van der Waals surface area contributed by atoms with Crippen LogP contribution in [0.2, 0.25) is 0 Å². The second-order valence-electron chi connectivity index (χ2n) is 5.63. The van der Waals surface area contributed by atoms with E-state index >= 15 is 0 Å². The van der Waals surface area contributed by atoms with Gasteiger partial charge >= 0.3 is 6.18 Å². The molecule has 8 heteroatoms. The zero-order valence-corrected chi connectivity index (χ0v) is 12.5. The van der Waals surface area contributed by atoms with Gasteiger partial charge in [0.15, 0.2) is 6.61 Å². The van der Waals surface area contributed by atoms with Crippen molar-refractivity contribution >= 4 is 5.91 Å². The summed E-state index contributed by atoms with van der Waals surface area (Å²) < 4.78 is 41.3. The number of alkyl halides is 3. The van der Waals surface area contributed by atoms with Crippen molar-refractivity contribution in [2.75, 3.05) is 13.2 Å². The number of nitrogens with one attached hydrogen (secondary N) is 1. The molecule has 1 aromatic heterocycles. The minimum Gasteiger partial charge on any atom is -0.467 e. The van der Waals surface area contributed by atoms with Crippen LogP contribution in [0.4, 0.5) is 13.2 Å². The average Bonchev–Trinajstić information content (AvgIpc) is 2.53. The first kappa shape index (κ1) is 17.5. The topological polar surface area (TPSA) is 71.5 Å². The predicted molar refractivity (Wildman–Crippen MR) is 76.1 cm³/mol. The maximum Gasteiger partial charge on any atom is 0.422 e. The van der Waals surface area contributed by atoms with Crippen LogP contribution >= 0.6 is 0 Å². The number of rotatable bonds is 5. The van der Waals surface area contributed by atoms with Gasteiger partial charge in [-0.05, 0) is 43.7 Å². The molecular weight excluding hydrogens is 313 g/mol. The number of pyridine rings is 1. The van der Waals surface area contributed by atoms with E-state index < -0.39 is 18.7 Å². The molecule has 0 bridgehead atoms. The monoisotopic (exact) mass is 332 g/mol. The fourth-order valence-corrected chi connectivity index (χ4v) is 2.58. The molecule has 0 unspecified atom stereocenters. The maximum atomic E-state index is 12.2. The van der Waals surface area contributed by atoms with Crippen LogP contribution in [0, 0.1) is 5.92 Å². The summed E-state index contributed by atoms with van der Waals surface area (Å²) in [5.74, 6) is -0.568. The Balaban J connectivity index is 1.97. The highest BCUT2D eigenvalue weighted by molar-refractivity contribution is 5.96. The quantitative estimate of drug-likeness (QED) is 0.868. The molecule has 2 rings (SSSR count). The number of aliphatic hydroxyl groups excluding tert-OH is 1. The van der Waals surface area contributed by atoms with Crippen LogP contribution < -0.4 is 10.1 Å². The molecule has 0 aliphatic heterocycles. The van der Waals surface area contributed by atoms with Crippen LogP contribution in [0.15, 0.2) is 18.3 Å². The summed E-state index contributed by atoms with van der Waals surface area (Å²) in [4.78, 5) is 16.0. The minimum absolute atomic E-state index is 0.0129. The van der Waals surface area contributed by atoms with Crippen LogP contribution in [0.3, 0.4) is 0 Å². The van der Waals surface area contributed by atoms with Crippen molar-refractivity contribution in [3.8, 4) is 5.88 Å². The summed E-state index contributed by atoms with van der Waals surface area (Å²) in [7, 11) is 0. The lowest BCUT2D eigenvalue weighted by molar-refractivity contribution is -0.154. The van der Waals surface area contributed by atoms with Crippen LogP contribution in [0.1, 0.15) is 36.0 Å². The summed E-state index contributed by atoms with van der Waals surface area (Å²) in [6.07, 6.45) is -0.132. The van der Waals surface area contributed by atoms with Crippen molar-refractivity contribution in [2.24, 2.45) is 5.92 Å². The van der Waals surface area contributed by atoms with E-state index in [0.717, 1.165) is 25.7 Å². The van der Waals surface area contributed by atoms with E-state index in [2.05, 4.69) is 15.0 Å². The van der Waals surface area contributed by atoms with E-state index in [4.69, 9.17) is 5.11 Å². The molecule has 1 fully saturated rings. The van der Waals surface area contributed by atoms with E-state index in [9.17, 15) is 18.0 Å². The van der Waals surface area contributed by atoms with Gasteiger partial charge in [-0.15, -0.1) is 0 Å². The Morgan fingerprint density at radius 3 is 2.65 bits per heavy atom. The number of hydrogen-bond acceptors (Lipinski definition) is 4. The molecule has 1 saturated carbocycles. The second kappa shape index (κ2) is 7.63. The predicted octanol–water partition coefficient (Wildman–Crippen LogP) is 2.30. The van der Waals surface area contributed by atoms with Crippen molar-refractivity contribution in [2.45, 2.75) is 37.9 Å². The lowest BCUT2D eigenvalue weighted by Gasteiger charge is -2.28. The van der Waals surface area contributed by atoms with Gasteiger partial charge in [0.1, 0.15) is 5.56 Å². The first-order valence-electron chi connectivity index (χ1n) is 7.45. The third kappa shape index (κ3) is 5.38. The summed E-state index contributed by atoms with van der Waals surface area (Å²) in [6.45, 7) is -1.36. The van der Waals surface area contributed by atoms with Crippen LogP contribution in [-0.4, -0.2) is 41.4 Å². The fourth-order valence-electron chi connectivity index (χ4n) is 2.58. The van der Waals surface area contributed by atoms with Gasteiger partial charge in [0.25, 0.3) is 5.91 Å². The maximum absolute atomic E-state index is 12.2. The molecule has 0 radical (unpaired) electrons. The number of aliphatic hydroxyl groups is 1. The molecule has 0 spiro atoms. The van der Waals surface area contributed by atoms with Gasteiger partial charge in [-0.2, -0.15) is 13.2 Å². The first-order chi connectivity index (χ1) is 10.9. The number of nitrogens with zero attached hydrogens (tertiary/aromatic N) is 1. The number of amides is 1. The normalized spacial score (nSPS) is 21.7. The zero-order valence-electron chi connectivity index (χ0n) is 12.5. The standard InChI is InChI=1S/C15H19F3N2O3/c16-15(17,18)9-23-14-12(2-1-7-19-14)13(22)20-11-5-3-10(8-21)4-6-11/h1-2,7,10-11,21H,3-6,8-9H2,(H,20,22). The molecule has 128 valence electrons. The highest BCUT2D eigenvalue weighted by Crippen LogP contribution is 2.25. The summed E-state index contributed by atoms with van der Waals surface area (Å²) in [6, 6.07) is 2.80. The highest BCUT2D eigenvalue weighted by Gasteiger charge is 2.30. The molecule has 1 aliphatic carbocycles. The molecule has 5 nitrogen and oxygen atoms in total. The lowest BCUT2D eigenvalue weighted by atomic mass is 9.86. The molecule has 1 aromatic rings. The van der Waals surface area contributed by atoms with Gasteiger partial charge in [0.2, 0.25) is 5.88 Å². The van der Waals surface area contributed by atoms with Crippen molar-refractivity contribution in [1.29, 1.82) is 0 Å². The molecule has 0 aromatic carbocycles. The van der Waals surface area contributed by atoms with E-state index in [0.29, 0.717) is 0 Å². The summed E-state index contributed by atoms with van der Waals surface area (Å²) in [5, 5.41) is 11.9. The molecule has 0 atom stereocenters. The SMILES string of the molecule is O=C(NC1CCC(CO)CC1)c1cccnc1OCC(F)(F)F. The second-order valence-corrected chi connectivity index (χ2v) is 5.63. The van der Waals surface area contributed by atoms with Gasteiger partial charge in [-0.3, -0.25) is 4.79 Å². The summed E-state index contributed by atoms with van der Waals surface area (Å²) >= 11 is 0. The van der Waals surface area contributed by atoms with Crippen molar-refractivity contribution in [3.63, 3.8) is 0 Å². The first-order valence-corrected chi connectivity index (χ1v) is 7.45. The highest BCUT2D eigenvalue weighted by atomic mass is 19.4. The van der Waals surface area contributed by atoms with E-state index in [1.165, 1.54) is 18.3 Å². The molecular formula is C15H19F3N2O3. The van der Waals surface area contributed by atoms with E-state index in [-0.39, 0.29) is 30.0 Å². The Hall–Kier alpha value is -1.83. The van der Waals surface area contributed by atoms with Crippen LogP contribution in [-0.2, 0) is 0 Å². The van der Waals surface area contributed by atoms with Gasteiger partial charge in [-0.1, -0.05) is 0 Å². The lowest BCUT2D eigenvalue weighted by Crippen LogP contribution is -2.38. The van der Waals surface area contributed by atoms with Crippen LogP contribution in [0.25, 0.3) is 0 Å². The molecule has 2 N–H and O–H groups in total. The largest absolute Gasteiger partial charge is 0.467 e. The van der Waals surface area contributed by atoms with Gasteiger partial charge in [-0.25, -0.2) is 4.98 Å². The Morgan fingerprint density at radius 1 is 1.35 bits per heavy atom. The minimum atomic E-state index is -4.49.